The van der Waals surface area contributed by atoms with Crippen LogP contribution >= 0.6 is 11.6 Å². The lowest BCUT2D eigenvalue weighted by Crippen LogP contribution is -2.23. The van der Waals surface area contributed by atoms with Crippen LogP contribution in [0.25, 0.3) is 17.4 Å². The molecule has 6 heteroatoms. The van der Waals surface area contributed by atoms with Gasteiger partial charge in [0.25, 0.3) is 5.91 Å². The molecule has 1 heterocycles. The predicted octanol–water partition coefficient (Wildman–Crippen LogP) is 4.96. The average molecular weight is 381 g/mol. The summed E-state index contributed by atoms with van der Waals surface area (Å²) in [7, 11) is 0. The summed E-state index contributed by atoms with van der Waals surface area (Å²) in [6.45, 7) is 0.316. The van der Waals surface area contributed by atoms with Crippen molar-refractivity contribution in [2.45, 2.75) is 6.54 Å². The molecule has 0 unspecified atom stereocenters. The minimum absolute atomic E-state index is 0.0148. The van der Waals surface area contributed by atoms with Crippen LogP contribution in [0, 0.1) is 17.1 Å². The second-order valence-corrected chi connectivity index (χ2v) is 6.08. The van der Waals surface area contributed by atoms with Crippen molar-refractivity contribution < 1.29 is 13.6 Å². The predicted molar refractivity (Wildman–Crippen MR) is 101 cm³/mol. The fourth-order valence-electron chi connectivity index (χ4n) is 2.40. The van der Waals surface area contributed by atoms with Crippen molar-refractivity contribution in [3.05, 3.63) is 88.4 Å². The summed E-state index contributed by atoms with van der Waals surface area (Å²) in [6.07, 6.45) is 1.36. The lowest BCUT2D eigenvalue weighted by molar-refractivity contribution is -0.117. The van der Waals surface area contributed by atoms with Gasteiger partial charge < -0.3 is 9.73 Å². The highest BCUT2D eigenvalue weighted by molar-refractivity contribution is 6.31. The Bertz CT molecular complexity index is 1040. The van der Waals surface area contributed by atoms with Gasteiger partial charge in [-0.15, -0.1) is 0 Å². The van der Waals surface area contributed by atoms with Crippen LogP contribution in [0.3, 0.4) is 0 Å². The zero-order valence-corrected chi connectivity index (χ0v) is 14.8. The normalized spacial score (nSPS) is 11.1. The first-order valence-electron chi connectivity index (χ1n) is 8.06. The van der Waals surface area contributed by atoms with E-state index in [1.807, 2.05) is 36.4 Å². The van der Waals surface area contributed by atoms with Gasteiger partial charge in [-0.05, 0) is 35.9 Å². The minimum atomic E-state index is -0.519. The summed E-state index contributed by atoms with van der Waals surface area (Å²) in [6, 6.07) is 18.7. The number of nitrogens with one attached hydrogen (secondary N) is 1. The van der Waals surface area contributed by atoms with E-state index < -0.39 is 11.7 Å². The van der Waals surface area contributed by atoms with E-state index in [0.29, 0.717) is 23.6 Å². The molecule has 134 valence electrons. The number of benzene rings is 2. The van der Waals surface area contributed by atoms with Crippen molar-refractivity contribution in [1.29, 1.82) is 5.26 Å². The molecule has 2 aromatic carbocycles. The monoisotopic (exact) mass is 380 g/mol. The molecule has 0 aliphatic rings. The highest BCUT2D eigenvalue weighted by Crippen LogP contribution is 2.27. The van der Waals surface area contributed by atoms with E-state index in [2.05, 4.69) is 5.32 Å². The van der Waals surface area contributed by atoms with Crippen LogP contribution in [-0.2, 0) is 11.3 Å². The van der Waals surface area contributed by atoms with Crippen molar-refractivity contribution >= 4 is 23.6 Å². The lowest BCUT2D eigenvalue weighted by atomic mass is 10.2. The van der Waals surface area contributed by atoms with Gasteiger partial charge >= 0.3 is 0 Å². The standard InChI is InChI=1S/C21H14ClFN2O2/c22-18-11-15(6-8-19(18)23)20-9-7-17(27-20)10-16(12-24)21(26)25-13-14-4-2-1-3-5-14/h1-11H,13H2,(H,25,26). The maximum absolute atomic E-state index is 13.3. The van der Waals surface area contributed by atoms with Crippen molar-refractivity contribution in [3.63, 3.8) is 0 Å². The quantitative estimate of drug-likeness (QED) is 0.502. The lowest BCUT2D eigenvalue weighted by Gasteiger charge is -2.04. The Morgan fingerprint density at radius 3 is 2.67 bits per heavy atom. The minimum Gasteiger partial charge on any atom is -0.457 e. The number of hydrogen-bond acceptors (Lipinski definition) is 3. The number of carbonyl (C=O) groups is 1. The summed E-state index contributed by atoms with van der Waals surface area (Å²) >= 11 is 5.78. The number of nitrogens with zero attached hydrogens (tertiary/aromatic N) is 1. The van der Waals surface area contributed by atoms with E-state index in [0.717, 1.165) is 5.56 Å². The second kappa shape index (κ2) is 8.35. The summed E-state index contributed by atoms with van der Waals surface area (Å²) < 4.78 is 18.9. The van der Waals surface area contributed by atoms with Gasteiger partial charge in [0.15, 0.2) is 0 Å². The molecule has 1 aromatic heterocycles. The van der Waals surface area contributed by atoms with Gasteiger partial charge in [0.2, 0.25) is 0 Å². The average Bonchev–Trinajstić information content (AvgIpc) is 3.16. The van der Waals surface area contributed by atoms with Gasteiger partial charge in [-0.2, -0.15) is 5.26 Å². The topological polar surface area (TPSA) is 66.0 Å². The zero-order chi connectivity index (χ0) is 19.2. The number of carbonyl (C=O) groups excluding carboxylic acids is 1. The van der Waals surface area contributed by atoms with Gasteiger partial charge in [0, 0.05) is 18.2 Å². The summed E-state index contributed by atoms with van der Waals surface area (Å²) in [5.41, 5.74) is 1.44. The third-order valence-electron chi connectivity index (χ3n) is 3.78. The van der Waals surface area contributed by atoms with E-state index in [9.17, 15) is 14.4 Å². The van der Waals surface area contributed by atoms with Gasteiger partial charge in [-0.1, -0.05) is 41.9 Å². The van der Waals surface area contributed by atoms with Gasteiger partial charge in [-0.3, -0.25) is 4.79 Å². The van der Waals surface area contributed by atoms with Gasteiger partial charge in [-0.25, -0.2) is 4.39 Å². The number of furan rings is 1. The maximum Gasteiger partial charge on any atom is 0.262 e. The van der Waals surface area contributed by atoms with Crippen LogP contribution in [0.5, 0.6) is 0 Å². The van der Waals surface area contributed by atoms with Crippen LogP contribution < -0.4 is 5.32 Å². The molecule has 0 radical (unpaired) electrons. The largest absolute Gasteiger partial charge is 0.457 e. The van der Waals surface area contributed by atoms with Gasteiger partial charge in [0.1, 0.15) is 29.0 Å². The first-order valence-corrected chi connectivity index (χ1v) is 8.44. The molecule has 0 fully saturated rings. The Morgan fingerprint density at radius 2 is 1.96 bits per heavy atom. The molecular formula is C21H14ClFN2O2. The SMILES string of the molecule is N#CC(=Cc1ccc(-c2ccc(F)c(Cl)c2)o1)C(=O)NCc1ccccc1. The third kappa shape index (κ3) is 4.63. The molecule has 0 bridgehead atoms. The molecule has 1 N–H and O–H groups in total. The van der Waals surface area contributed by atoms with Crippen LogP contribution in [-0.4, -0.2) is 5.91 Å². The number of nitriles is 1. The van der Waals surface area contributed by atoms with Crippen LogP contribution in [0.2, 0.25) is 5.02 Å². The van der Waals surface area contributed by atoms with Gasteiger partial charge in [0.05, 0.1) is 5.02 Å². The molecule has 3 rings (SSSR count). The van der Waals surface area contributed by atoms with Crippen LogP contribution in [0.1, 0.15) is 11.3 Å². The van der Waals surface area contributed by atoms with Crippen molar-refractivity contribution in [2.75, 3.05) is 0 Å². The van der Waals surface area contributed by atoms with Crippen molar-refractivity contribution in [2.24, 2.45) is 0 Å². The summed E-state index contributed by atoms with van der Waals surface area (Å²) in [4.78, 5) is 12.2. The number of hydrogen-bond donors (Lipinski definition) is 1. The van der Waals surface area contributed by atoms with E-state index in [1.54, 1.807) is 12.1 Å². The Morgan fingerprint density at radius 1 is 1.19 bits per heavy atom. The maximum atomic E-state index is 13.3. The fraction of sp³-hybridized carbons (Fsp3) is 0.0476. The number of amides is 1. The number of rotatable bonds is 5. The molecule has 0 aliphatic carbocycles. The van der Waals surface area contributed by atoms with Crippen molar-refractivity contribution in [3.8, 4) is 17.4 Å². The molecule has 3 aromatic rings. The molecule has 27 heavy (non-hydrogen) atoms. The first kappa shape index (κ1) is 18.4. The zero-order valence-electron chi connectivity index (χ0n) is 14.1. The summed E-state index contributed by atoms with van der Waals surface area (Å²) in [5.74, 6) is -0.236. The van der Waals surface area contributed by atoms with Crippen LogP contribution in [0.15, 0.2) is 70.7 Å². The summed E-state index contributed by atoms with van der Waals surface area (Å²) in [5, 5.41) is 11.9. The van der Waals surface area contributed by atoms with E-state index in [4.69, 9.17) is 16.0 Å². The second-order valence-electron chi connectivity index (χ2n) is 5.67. The first-order chi connectivity index (χ1) is 13.1. The Labute approximate surface area is 160 Å². The third-order valence-corrected chi connectivity index (χ3v) is 4.07. The molecule has 0 atom stereocenters. The van der Waals surface area contributed by atoms with E-state index in [1.165, 1.54) is 24.3 Å². The van der Waals surface area contributed by atoms with E-state index >= 15 is 0 Å². The smallest absolute Gasteiger partial charge is 0.262 e. The van der Waals surface area contributed by atoms with Crippen LogP contribution in [0.4, 0.5) is 4.39 Å². The fourth-order valence-corrected chi connectivity index (χ4v) is 2.58. The van der Waals surface area contributed by atoms with Crippen molar-refractivity contribution in [1.82, 2.24) is 5.32 Å². The highest BCUT2D eigenvalue weighted by atomic mass is 35.5. The Hall–Kier alpha value is -3.36. The molecular weight excluding hydrogens is 367 g/mol. The molecule has 0 saturated heterocycles. The molecule has 1 amide bonds. The molecule has 0 aliphatic heterocycles. The highest BCUT2D eigenvalue weighted by Gasteiger charge is 2.11. The van der Waals surface area contributed by atoms with E-state index in [-0.39, 0.29) is 10.6 Å². The molecule has 4 nitrogen and oxygen atoms in total. The number of halogens is 2. The molecule has 0 saturated carbocycles. The molecule has 0 spiro atoms. The Balaban J connectivity index is 1.74. The Kier molecular flexibility index (Phi) is 5.70.